The molecule has 0 amide bonds. The molecule has 1 N–H and O–H groups in total. The van der Waals surface area contributed by atoms with Crippen molar-refractivity contribution in [3.05, 3.63) is 30.1 Å². The molecule has 1 aromatic rings. The first-order valence-corrected chi connectivity index (χ1v) is 3.47. The van der Waals surface area contributed by atoms with Crippen LogP contribution in [0.1, 0.15) is 5.56 Å². The van der Waals surface area contributed by atoms with E-state index in [1.807, 2.05) is 19.3 Å². The molecular weight excluding hydrogens is 160 g/mol. The van der Waals surface area contributed by atoms with Gasteiger partial charge in [-0.1, -0.05) is 6.07 Å². The Morgan fingerprint density at radius 2 is 2.36 bits per heavy atom. The molecule has 0 atom stereocenters. The van der Waals surface area contributed by atoms with E-state index in [0.717, 1.165) is 13.0 Å². The van der Waals surface area contributed by atoms with Gasteiger partial charge in [0.15, 0.2) is 0 Å². The Labute approximate surface area is 73.4 Å². The fraction of sp³-hybridized carbons (Fsp3) is 0.375. The third-order valence-corrected chi connectivity index (χ3v) is 1.39. The second kappa shape index (κ2) is 6.13. The predicted octanol–water partition coefficient (Wildman–Crippen LogP) is 1.27. The van der Waals surface area contributed by atoms with Crippen LogP contribution in [0.25, 0.3) is 0 Å². The summed E-state index contributed by atoms with van der Waals surface area (Å²) in [5, 5.41) is 3.09. The molecular formula is C8H13ClN2. The zero-order valence-electron chi connectivity index (χ0n) is 6.58. The fourth-order valence-corrected chi connectivity index (χ4v) is 0.815. The fourth-order valence-electron chi connectivity index (χ4n) is 0.815. The van der Waals surface area contributed by atoms with E-state index >= 15 is 0 Å². The van der Waals surface area contributed by atoms with E-state index in [9.17, 15) is 0 Å². The number of halogens is 1. The molecule has 0 radical (unpaired) electrons. The Morgan fingerprint density at radius 3 is 2.91 bits per heavy atom. The minimum atomic E-state index is 0. The largest absolute Gasteiger partial charge is 0.319 e. The Hall–Kier alpha value is -0.600. The smallest absolute Gasteiger partial charge is 0.0300 e. The summed E-state index contributed by atoms with van der Waals surface area (Å²) in [5.41, 5.74) is 1.29. The van der Waals surface area contributed by atoms with Crippen LogP contribution in [0.4, 0.5) is 0 Å². The standard InChI is InChI=1S/C8H12N2.ClH/c1-9-6-4-8-3-2-5-10-7-8;/h2-3,5,7,9H,4,6H2,1H3;1H. The van der Waals surface area contributed by atoms with Gasteiger partial charge in [0.2, 0.25) is 0 Å². The number of hydrogen-bond acceptors (Lipinski definition) is 2. The SMILES string of the molecule is CNCCc1cccnc1.Cl. The number of nitrogens with one attached hydrogen (secondary N) is 1. The van der Waals surface area contributed by atoms with E-state index in [2.05, 4.69) is 16.4 Å². The quantitative estimate of drug-likeness (QED) is 0.743. The molecule has 1 heterocycles. The van der Waals surface area contributed by atoms with Gasteiger partial charge in [-0.05, 0) is 31.6 Å². The second-order valence-corrected chi connectivity index (χ2v) is 2.21. The van der Waals surface area contributed by atoms with Gasteiger partial charge in [0, 0.05) is 12.4 Å². The van der Waals surface area contributed by atoms with Crippen molar-refractivity contribution in [1.29, 1.82) is 0 Å². The van der Waals surface area contributed by atoms with Gasteiger partial charge in [0.05, 0.1) is 0 Å². The molecule has 0 bridgehead atoms. The van der Waals surface area contributed by atoms with E-state index in [1.165, 1.54) is 5.56 Å². The van der Waals surface area contributed by atoms with E-state index in [1.54, 1.807) is 6.20 Å². The number of nitrogens with zero attached hydrogens (tertiary/aromatic N) is 1. The number of rotatable bonds is 3. The van der Waals surface area contributed by atoms with Crippen LogP contribution in [0.5, 0.6) is 0 Å². The second-order valence-electron chi connectivity index (χ2n) is 2.21. The van der Waals surface area contributed by atoms with Crippen LogP contribution in [0.15, 0.2) is 24.5 Å². The minimum absolute atomic E-state index is 0. The number of likely N-dealkylation sites (N-methyl/N-ethyl adjacent to an activating group) is 1. The van der Waals surface area contributed by atoms with Crippen LogP contribution >= 0.6 is 12.4 Å². The summed E-state index contributed by atoms with van der Waals surface area (Å²) in [4.78, 5) is 4.01. The lowest BCUT2D eigenvalue weighted by Gasteiger charge is -1.97. The summed E-state index contributed by atoms with van der Waals surface area (Å²) in [7, 11) is 1.95. The van der Waals surface area contributed by atoms with Crippen LogP contribution in [0, 0.1) is 0 Å². The molecule has 0 saturated carbocycles. The highest BCUT2D eigenvalue weighted by Crippen LogP contribution is 1.94. The Kier molecular flexibility index (Phi) is 5.80. The first-order chi connectivity index (χ1) is 4.93. The molecule has 1 rings (SSSR count). The van der Waals surface area contributed by atoms with Crippen molar-refractivity contribution >= 4 is 12.4 Å². The topological polar surface area (TPSA) is 24.9 Å². The lowest BCUT2D eigenvalue weighted by atomic mass is 10.2. The van der Waals surface area contributed by atoms with Crippen molar-refractivity contribution in [1.82, 2.24) is 10.3 Å². The Bertz CT molecular complexity index is 177. The minimum Gasteiger partial charge on any atom is -0.319 e. The van der Waals surface area contributed by atoms with Crippen LogP contribution < -0.4 is 5.32 Å². The first-order valence-electron chi connectivity index (χ1n) is 3.47. The van der Waals surface area contributed by atoms with Gasteiger partial charge in [-0.25, -0.2) is 0 Å². The van der Waals surface area contributed by atoms with Gasteiger partial charge in [-0.2, -0.15) is 0 Å². The maximum atomic E-state index is 4.01. The summed E-state index contributed by atoms with van der Waals surface area (Å²) >= 11 is 0. The van der Waals surface area contributed by atoms with Crippen molar-refractivity contribution in [3.8, 4) is 0 Å². The van der Waals surface area contributed by atoms with Crippen molar-refractivity contribution < 1.29 is 0 Å². The molecule has 62 valence electrons. The summed E-state index contributed by atoms with van der Waals surface area (Å²) in [6.07, 6.45) is 4.75. The average molecular weight is 173 g/mol. The van der Waals surface area contributed by atoms with Gasteiger partial charge >= 0.3 is 0 Å². The number of aromatic nitrogens is 1. The molecule has 1 aromatic heterocycles. The molecule has 0 fully saturated rings. The van der Waals surface area contributed by atoms with Gasteiger partial charge in [-0.3, -0.25) is 4.98 Å². The third-order valence-electron chi connectivity index (χ3n) is 1.39. The van der Waals surface area contributed by atoms with Gasteiger partial charge in [0.25, 0.3) is 0 Å². The third kappa shape index (κ3) is 3.96. The lowest BCUT2D eigenvalue weighted by molar-refractivity contribution is 0.789. The summed E-state index contributed by atoms with van der Waals surface area (Å²) < 4.78 is 0. The molecule has 0 unspecified atom stereocenters. The number of pyridine rings is 1. The monoisotopic (exact) mass is 172 g/mol. The molecule has 0 saturated heterocycles. The van der Waals surface area contributed by atoms with Gasteiger partial charge < -0.3 is 5.32 Å². The molecule has 0 aliphatic heterocycles. The zero-order chi connectivity index (χ0) is 7.23. The molecule has 2 nitrogen and oxygen atoms in total. The van der Waals surface area contributed by atoms with E-state index in [-0.39, 0.29) is 12.4 Å². The van der Waals surface area contributed by atoms with Crippen LogP contribution in [0.2, 0.25) is 0 Å². The van der Waals surface area contributed by atoms with Crippen LogP contribution in [-0.2, 0) is 6.42 Å². The summed E-state index contributed by atoms with van der Waals surface area (Å²) in [6.45, 7) is 1.02. The van der Waals surface area contributed by atoms with E-state index in [4.69, 9.17) is 0 Å². The molecule has 0 aliphatic carbocycles. The molecule has 0 aliphatic rings. The summed E-state index contributed by atoms with van der Waals surface area (Å²) in [6, 6.07) is 4.05. The van der Waals surface area contributed by atoms with Crippen LogP contribution in [0.3, 0.4) is 0 Å². The van der Waals surface area contributed by atoms with Crippen molar-refractivity contribution in [3.63, 3.8) is 0 Å². The van der Waals surface area contributed by atoms with Gasteiger partial charge in [0.1, 0.15) is 0 Å². The van der Waals surface area contributed by atoms with E-state index < -0.39 is 0 Å². The Morgan fingerprint density at radius 1 is 1.55 bits per heavy atom. The zero-order valence-corrected chi connectivity index (χ0v) is 7.40. The van der Waals surface area contributed by atoms with Crippen LogP contribution in [-0.4, -0.2) is 18.6 Å². The van der Waals surface area contributed by atoms with Crippen molar-refractivity contribution in [2.24, 2.45) is 0 Å². The average Bonchev–Trinajstić information content (AvgIpc) is 2.03. The molecule has 11 heavy (non-hydrogen) atoms. The normalized spacial score (nSPS) is 8.82. The highest BCUT2D eigenvalue weighted by atomic mass is 35.5. The molecule has 0 spiro atoms. The predicted molar refractivity (Wildman–Crippen MR) is 49.1 cm³/mol. The van der Waals surface area contributed by atoms with Crippen molar-refractivity contribution in [2.45, 2.75) is 6.42 Å². The highest BCUT2D eigenvalue weighted by Gasteiger charge is 1.87. The number of hydrogen-bond donors (Lipinski definition) is 1. The summed E-state index contributed by atoms with van der Waals surface area (Å²) in [5.74, 6) is 0. The maximum absolute atomic E-state index is 4.01. The van der Waals surface area contributed by atoms with E-state index in [0.29, 0.717) is 0 Å². The molecule has 0 aromatic carbocycles. The highest BCUT2D eigenvalue weighted by molar-refractivity contribution is 5.85. The van der Waals surface area contributed by atoms with Gasteiger partial charge in [-0.15, -0.1) is 12.4 Å². The molecule has 3 heteroatoms. The maximum Gasteiger partial charge on any atom is 0.0300 e. The first kappa shape index (κ1) is 10.4. The lowest BCUT2D eigenvalue weighted by Crippen LogP contribution is -2.10. The van der Waals surface area contributed by atoms with Crippen molar-refractivity contribution in [2.75, 3.05) is 13.6 Å². The Balaban J connectivity index is 0.000001000.